The van der Waals surface area contributed by atoms with Crippen molar-refractivity contribution in [1.29, 1.82) is 0 Å². The lowest BCUT2D eigenvalue weighted by Crippen LogP contribution is -2.32. The van der Waals surface area contributed by atoms with Crippen molar-refractivity contribution in [3.63, 3.8) is 0 Å². The normalized spacial score (nSPS) is 12.1. The van der Waals surface area contributed by atoms with Crippen molar-refractivity contribution in [2.75, 3.05) is 5.32 Å². The van der Waals surface area contributed by atoms with Gasteiger partial charge in [0.2, 0.25) is 5.91 Å². The molecule has 2 heterocycles. The van der Waals surface area contributed by atoms with Gasteiger partial charge in [0.25, 0.3) is 5.56 Å². The molecule has 2 aromatic heterocycles. The number of rotatable bonds is 4. The Balaban J connectivity index is 1.86. The Labute approximate surface area is 174 Å². The first-order chi connectivity index (χ1) is 14.4. The van der Waals surface area contributed by atoms with E-state index < -0.39 is 6.04 Å². The van der Waals surface area contributed by atoms with Gasteiger partial charge in [0.05, 0.1) is 5.69 Å². The highest BCUT2D eigenvalue weighted by Crippen LogP contribution is 2.30. The molecule has 0 spiro atoms. The van der Waals surface area contributed by atoms with Crippen LogP contribution in [0.25, 0.3) is 22.2 Å². The Morgan fingerprint density at radius 3 is 2.40 bits per heavy atom. The summed E-state index contributed by atoms with van der Waals surface area (Å²) in [5.41, 5.74) is 4.67. The maximum absolute atomic E-state index is 13.2. The van der Waals surface area contributed by atoms with Gasteiger partial charge in [-0.05, 0) is 43.5 Å². The Hall–Kier alpha value is -3.67. The minimum Gasteiger partial charge on any atom is -0.324 e. The standard InChI is InChI=1S/C24H24N4O2/c1-15-10-8-9-13-20(15)25-23(30)17(3)28-21(29)14-19(18-11-6-5-7-12-18)22-16(2)26-27(4)24(22)28/h5-14,17H,1-4H3,(H,25,30). The predicted octanol–water partition coefficient (Wildman–Crippen LogP) is 4.22. The second-order valence-corrected chi connectivity index (χ2v) is 7.52. The number of aromatic nitrogens is 3. The van der Waals surface area contributed by atoms with Crippen molar-refractivity contribution in [2.45, 2.75) is 26.8 Å². The van der Waals surface area contributed by atoms with E-state index in [0.717, 1.165) is 33.5 Å². The third kappa shape index (κ3) is 3.30. The number of amides is 1. The molecule has 6 heteroatoms. The number of nitrogens with one attached hydrogen (secondary N) is 1. The zero-order valence-electron chi connectivity index (χ0n) is 17.5. The molecule has 152 valence electrons. The summed E-state index contributed by atoms with van der Waals surface area (Å²) >= 11 is 0. The zero-order chi connectivity index (χ0) is 21.4. The van der Waals surface area contributed by atoms with Crippen molar-refractivity contribution in [2.24, 2.45) is 7.05 Å². The number of hydrogen-bond acceptors (Lipinski definition) is 3. The van der Waals surface area contributed by atoms with Gasteiger partial charge in [0.1, 0.15) is 11.7 Å². The number of para-hydroxylation sites is 1. The number of carbonyl (C=O) groups excluding carboxylic acids is 1. The molecule has 1 N–H and O–H groups in total. The van der Waals surface area contributed by atoms with Crippen molar-refractivity contribution in [3.8, 4) is 11.1 Å². The molecule has 30 heavy (non-hydrogen) atoms. The zero-order valence-corrected chi connectivity index (χ0v) is 17.5. The highest BCUT2D eigenvalue weighted by Gasteiger charge is 2.24. The summed E-state index contributed by atoms with van der Waals surface area (Å²) in [5, 5.41) is 8.36. The van der Waals surface area contributed by atoms with E-state index in [1.54, 1.807) is 24.7 Å². The molecule has 0 saturated carbocycles. The van der Waals surface area contributed by atoms with Gasteiger partial charge in [-0.3, -0.25) is 18.8 Å². The average Bonchev–Trinajstić information content (AvgIpc) is 3.03. The number of aryl methyl sites for hydroxylation is 3. The molecular formula is C24H24N4O2. The lowest BCUT2D eigenvalue weighted by atomic mass is 10.0. The number of nitrogens with zero attached hydrogens (tertiary/aromatic N) is 3. The smallest absolute Gasteiger partial charge is 0.253 e. The van der Waals surface area contributed by atoms with Crippen molar-refractivity contribution in [3.05, 3.63) is 82.3 Å². The number of benzene rings is 2. The number of pyridine rings is 1. The summed E-state index contributed by atoms with van der Waals surface area (Å²) < 4.78 is 3.20. The van der Waals surface area contributed by atoms with E-state index in [9.17, 15) is 9.59 Å². The molecular weight excluding hydrogens is 376 g/mol. The van der Waals surface area contributed by atoms with E-state index in [1.165, 1.54) is 4.57 Å². The molecule has 0 aliphatic rings. The Morgan fingerprint density at radius 1 is 1.03 bits per heavy atom. The van der Waals surface area contributed by atoms with Crippen LogP contribution in [-0.2, 0) is 11.8 Å². The highest BCUT2D eigenvalue weighted by atomic mass is 16.2. The van der Waals surface area contributed by atoms with Crippen LogP contribution in [0.15, 0.2) is 65.5 Å². The maximum atomic E-state index is 13.2. The average molecular weight is 400 g/mol. The minimum absolute atomic E-state index is 0.239. The molecule has 6 nitrogen and oxygen atoms in total. The molecule has 0 fully saturated rings. The Kier molecular flexibility index (Phi) is 4.99. The van der Waals surface area contributed by atoms with Crippen LogP contribution in [-0.4, -0.2) is 20.3 Å². The highest BCUT2D eigenvalue weighted by molar-refractivity contribution is 5.98. The lowest BCUT2D eigenvalue weighted by molar-refractivity contribution is -0.118. The summed E-state index contributed by atoms with van der Waals surface area (Å²) in [6, 6.07) is 18.2. The van der Waals surface area contributed by atoms with E-state index in [4.69, 9.17) is 0 Å². The van der Waals surface area contributed by atoms with Crippen LogP contribution >= 0.6 is 0 Å². The van der Waals surface area contributed by atoms with E-state index in [-0.39, 0.29) is 11.5 Å². The third-order valence-corrected chi connectivity index (χ3v) is 5.45. The van der Waals surface area contributed by atoms with Crippen LogP contribution in [0.1, 0.15) is 24.2 Å². The van der Waals surface area contributed by atoms with E-state index in [0.29, 0.717) is 5.65 Å². The van der Waals surface area contributed by atoms with Crippen molar-refractivity contribution < 1.29 is 4.79 Å². The Morgan fingerprint density at radius 2 is 1.70 bits per heavy atom. The fourth-order valence-corrected chi connectivity index (χ4v) is 3.89. The van der Waals surface area contributed by atoms with Gasteiger partial charge in [0.15, 0.2) is 0 Å². The molecule has 4 aromatic rings. The molecule has 0 aliphatic carbocycles. The van der Waals surface area contributed by atoms with Crippen LogP contribution in [0.3, 0.4) is 0 Å². The van der Waals surface area contributed by atoms with Gasteiger partial charge in [-0.15, -0.1) is 0 Å². The molecule has 1 atom stereocenters. The summed E-state index contributed by atoms with van der Waals surface area (Å²) in [6.45, 7) is 5.59. The molecule has 2 aromatic carbocycles. The first kappa shape index (κ1) is 19.6. The molecule has 0 aliphatic heterocycles. The van der Waals surface area contributed by atoms with Gasteiger partial charge in [-0.1, -0.05) is 48.5 Å². The second-order valence-electron chi connectivity index (χ2n) is 7.52. The molecule has 1 amide bonds. The van der Waals surface area contributed by atoms with Crippen molar-refractivity contribution in [1.82, 2.24) is 14.3 Å². The van der Waals surface area contributed by atoms with Gasteiger partial charge >= 0.3 is 0 Å². The molecule has 0 bridgehead atoms. The van der Waals surface area contributed by atoms with Crippen LogP contribution in [0.5, 0.6) is 0 Å². The maximum Gasteiger partial charge on any atom is 0.253 e. The van der Waals surface area contributed by atoms with Gasteiger partial charge < -0.3 is 5.32 Å². The molecule has 1 unspecified atom stereocenters. The summed E-state index contributed by atoms with van der Waals surface area (Å²) in [5.74, 6) is -0.251. The lowest BCUT2D eigenvalue weighted by Gasteiger charge is -2.19. The predicted molar refractivity (Wildman–Crippen MR) is 120 cm³/mol. The van der Waals surface area contributed by atoms with Crippen LogP contribution in [0.4, 0.5) is 5.69 Å². The second kappa shape index (κ2) is 7.63. The van der Waals surface area contributed by atoms with Gasteiger partial charge in [-0.2, -0.15) is 5.10 Å². The van der Waals surface area contributed by atoms with E-state index in [2.05, 4.69) is 10.4 Å². The topological polar surface area (TPSA) is 68.9 Å². The molecule has 0 radical (unpaired) electrons. The largest absolute Gasteiger partial charge is 0.324 e. The number of hydrogen-bond donors (Lipinski definition) is 1. The van der Waals surface area contributed by atoms with Crippen LogP contribution in [0.2, 0.25) is 0 Å². The third-order valence-electron chi connectivity index (χ3n) is 5.45. The molecule has 4 rings (SSSR count). The van der Waals surface area contributed by atoms with Crippen LogP contribution in [0, 0.1) is 13.8 Å². The number of carbonyl (C=O) groups is 1. The van der Waals surface area contributed by atoms with Crippen LogP contribution < -0.4 is 10.9 Å². The van der Waals surface area contributed by atoms with E-state index >= 15 is 0 Å². The minimum atomic E-state index is -0.709. The Bertz CT molecular complexity index is 1300. The number of fused-ring (bicyclic) bond motifs is 1. The summed E-state index contributed by atoms with van der Waals surface area (Å²) in [6.07, 6.45) is 0. The van der Waals surface area contributed by atoms with Crippen molar-refractivity contribution >= 4 is 22.6 Å². The quantitative estimate of drug-likeness (QED) is 0.558. The number of anilines is 1. The monoisotopic (exact) mass is 400 g/mol. The molecule has 0 saturated heterocycles. The fourth-order valence-electron chi connectivity index (χ4n) is 3.89. The fraction of sp³-hybridized carbons (Fsp3) is 0.208. The first-order valence-electron chi connectivity index (χ1n) is 9.89. The summed E-state index contributed by atoms with van der Waals surface area (Å²) in [7, 11) is 1.80. The van der Waals surface area contributed by atoms with Gasteiger partial charge in [0, 0.05) is 24.2 Å². The summed E-state index contributed by atoms with van der Waals surface area (Å²) in [4.78, 5) is 26.2. The van der Waals surface area contributed by atoms with E-state index in [1.807, 2.05) is 68.4 Å². The first-order valence-corrected chi connectivity index (χ1v) is 9.89. The van der Waals surface area contributed by atoms with Gasteiger partial charge in [-0.25, -0.2) is 0 Å². The SMILES string of the molecule is Cc1ccccc1NC(=O)C(C)n1c(=O)cc(-c2ccccc2)c2c(C)nn(C)c21.